The van der Waals surface area contributed by atoms with Gasteiger partial charge in [-0.3, -0.25) is 4.79 Å². The molecule has 0 aromatic heterocycles. The third-order valence-electron chi connectivity index (χ3n) is 4.84. The monoisotopic (exact) mass is 272 g/mol. The summed E-state index contributed by atoms with van der Waals surface area (Å²) >= 11 is 0. The number of nitrogens with one attached hydrogen (secondary N) is 1. The van der Waals surface area contributed by atoms with Crippen molar-refractivity contribution in [3.63, 3.8) is 0 Å². The molecule has 20 heavy (non-hydrogen) atoms. The van der Waals surface area contributed by atoms with Gasteiger partial charge in [0.05, 0.1) is 0 Å². The highest BCUT2D eigenvalue weighted by Gasteiger charge is 2.28. The second-order valence-electron chi connectivity index (χ2n) is 6.16. The average Bonchev–Trinajstić information content (AvgIpc) is 2.97. The zero-order valence-corrected chi connectivity index (χ0v) is 12.3. The van der Waals surface area contributed by atoms with Crippen molar-refractivity contribution in [3.8, 4) is 0 Å². The standard InChI is InChI=1S/C17H24N2O/c1-19-16-9-5-4-8-14(16)15(12-17(19)20)18-11-10-13-6-2-3-7-13/h4-5,8-9,13,15,18H,2-3,6-7,10-12H2,1H3. The van der Waals surface area contributed by atoms with Gasteiger partial charge in [0.1, 0.15) is 0 Å². The van der Waals surface area contributed by atoms with E-state index in [-0.39, 0.29) is 11.9 Å². The Labute approximate surface area is 121 Å². The maximum Gasteiger partial charge on any atom is 0.228 e. The zero-order valence-electron chi connectivity index (χ0n) is 12.3. The first-order valence-corrected chi connectivity index (χ1v) is 7.84. The lowest BCUT2D eigenvalue weighted by molar-refractivity contribution is -0.119. The van der Waals surface area contributed by atoms with Gasteiger partial charge in [-0.15, -0.1) is 0 Å². The van der Waals surface area contributed by atoms with Crippen LogP contribution < -0.4 is 10.2 Å². The molecule has 1 N–H and O–H groups in total. The number of para-hydroxylation sites is 1. The summed E-state index contributed by atoms with van der Waals surface area (Å²) in [6.45, 7) is 1.03. The van der Waals surface area contributed by atoms with Gasteiger partial charge in [0.15, 0.2) is 0 Å². The van der Waals surface area contributed by atoms with Gasteiger partial charge in [0, 0.05) is 25.2 Å². The van der Waals surface area contributed by atoms with Gasteiger partial charge >= 0.3 is 0 Å². The largest absolute Gasteiger partial charge is 0.315 e. The fourth-order valence-electron chi connectivity index (χ4n) is 3.59. The number of nitrogens with zero attached hydrogens (tertiary/aromatic N) is 1. The Balaban J connectivity index is 1.64. The van der Waals surface area contributed by atoms with E-state index in [4.69, 9.17) is 0 Å². The second kappa shape index (κ2) is 5.96. The lowest BCUT2D eigenvalue weighted by Gasteiger charge is -2.32. The number of carbonyl (C=O) groups is 1. The van der Waals surface area contributed by atoms with E-state index in [0.717, 1.165) is 18.2 Å². The predicted molar refractivity (Wildman–Crippen MR) is 81.8 cm³/mol. The molecule has 0 bridgehead atoms. The smallest absolute Gasteiger partial charge is 0.228 e. The number of fused-ring (bicyclic) bond motifs is 1. The van der Waals surface area contributed by atoms with Crippen LogP contribution in [0.1, 0.15) is 50.1 Å². The Morgan fingerprint density at radius 1 is 1.25 bits per heavy atom. The van der Waals surface area contributed by atoms with E-state index in [2.05, 4.69) is 17.4 Å². The number of benzene rings is 1. The first-order valence-electron chi connectivity index (χ1n) is 7.84. The second-order valence-corrected chi connectivity index (χ2v) is 6.16. The van der Waals surface area contributed by atoms with E-state index in [9.17, 15) is 4.79 Å². The molecule has 0 saturated heterocycles. The van der Waals surface area contributed by atoms with E-state index in [1.54, 1.807) is 4.90 Å². The van der Waals surface area contributed by atoms with E-state index in [1.165, 1.54) is 37.7 Å². The van der Waals surface area contributed by atoms with Crippen LogP contribution in [0.25, 0.3) is 0 Å². The summed E-state index contributed by atoms with van der Waals surface area (Å²) < 4.78 is 0. The van der Waals surface area contributed by atoms with Crippen LogP contribution >= 0.6 is 0 Å². The highest BCUT2D eigenvalue weighted by molar-refractivity contribution is 5.96. The zero-order chi connectivity index (χ0) is 13.9. The van der Waals surface area contributed by atoms with Crippen LogP contribution in [0.2, 0.25) is 0 Å². The van der Waals surface area contributed by atoms with Crippen molar-refractivity contribution in [2.45, 2.75) is 44.6 Å². The minimum absolute atomic E-state index is 0.191. The molecule has 1 fully saturated rings. The molecule has 1 heterocycles. The minimum atomic E-state index is 0.191. The maximum atomic E-state index is 12.1. The molecule has 1 aliphatic heterocycles. The Kier molecular flexibility index (Phi) is 4.06. The highest BCUT2D eigenvalue weighted by Crippen LogP contribution is 2.33. The van der Waals surface area contributed by atoms with Crippen LogP contribution in [-0.2, 0) is 4.79 Å². The fourth-order valence-corrected chi connectivity index (χ4v) is 3.59. The van der Waals surface area contributed by atoms with Crippen molar-refractivity contribution in [2.75, 3.05) is 18.5 Å². The molecule has 1 unspecified atom stereocenters. The number of rotatable bonds is 4. The normalized spacial score (nSPS) is 23.1. The summed E-state index contributed by atoms with van der Waals surface area (Å²) in [6, 6.07) is 8.44. The summed E-state index contributed by atoms with van der Waals surface area (Å²) in [7, 11) is 1.87. The highest BCUT2D eigenvalue weighted by atomic mass is 16.2. The number of hydrogen-bond donors (Lipinski definition) is 1. The molecule has 2 aliphatic rings. The molecule has 1 aromatic carbocycles. The van der Waals surface area contributed by atoms with Gasteiger partial charge in [0.25, 0.3) is 0 Å². The van der Waals surface area contributed by atoms with E-state index in [1.807, 2.05) is 19.2 Å². The molecular weight excluding hydrogens is 248 g/mol. The molecule has 1 aliphatic carbocycles. The molecule has 1 amide bonds. The molecule has 3 rings (SSSR count). The van der Waals surface area contributed by atoms with Crippen molar-refractivity contribution in [3.05, 3.63) is 29.8 Å². The van der Waals surface area contributed by atoms with Crippen molar-refractivity contribution in [1.29, 1.82) is 0 Å². The summed E-state index contributed by atoms with van der Waals surface area (Å²) in [6.07, 6.45) is 7.43. The lowest BCUT2D eigenvalue weighted by atomic mass is 9.95. The number of amides is 1. The Morgan fingerprint density at radius 3 is 2.80 bits per heavy atom. The summed E-state index contributed by atoms with van der Waals surface area (Å²) in [5.41, 5.74) is 2.32. The molecular formula is C17H24N2O. The van der Waals surface area contributed by atoms with Crippen LogP contribution in [-0.4, -0.2) is 19.5 Å². The van der Waals surface area contributed by atoms with Crippen molar-refractivity contribution in [2.24, 2.45) is 5.92 Å². The van der Waals surface area contributed by atoms with Crippen LogP contribution in [0, 0.1) is 5.92 Å². The Bertz CT molecular complexity index is 480. The van der Waals surface area contributed by atoms with Gasteiger partial charge in [-0.05, 0) is 30.5 Å². The molecule has 0 radical (unpaired) electrons. The average molecular weight is 272 g/mol. The molecule has 1 aromatic rings. The Hall–Kier alpha value is -1.35. The van der Waals surface area contributed by atoms with Gasteiger partial charge in [-0.2, -0.15) is 0 Å². The third kappa shape index (κ3) is 2.73. The third-order valence-corrected chi connectivity index (χ3v) is 4.84. The molecule has 108 valence electrons. The van der Waals surface area contributed by atoms with Crippen molar-refractivity contribution >= 4 is 11.6 Å². The van der Waals surface area contributed by atoms with Crippen LogP contribution in [0.15, 0.2) is 24.3 Å². The van der Waals surface area contributed by atoms with E-state index in [0.29, 0.717) is 6.42 Å². The van der Waals surface area contributed by atoms with Gasteiger partial charge in [0.2, 0.25) is 5.91 Å². The van der Waals surface area contributed by atoms with Gasteiger partial charge in [-0.1, -0.05) is 43.9 Å². The molecule has 1 saturated carbocycles. The van der Waals surface area contributed by atoms with Gasteiger partial charge < -0.3 is 10.2 Å². The topological polar surface area (TPSA) is 32.3 Å². The van der Waals surface area contributed by atoms with Crippen LogP contribution in [0.5, 0.6) is 0 Å². The lowest BCUT2D eigenvalue weighted by Crippen LogP contribution is -2.38. The van der Waals surface area contributed by atoms with E-state index >= 15 is 0 Å². The van der Waals surface area contributed by atoms with E-state index < -0.39 is 0 Å². The first kappa shape index (κ1) is 13.6. The maximum absolute atomic E-state index is 12.1. The van der Waals surface area contributed by atoms with Crippen molar-refractivity contribution in [1.82, 2.24) is 5.32 Å². The number of hydrogen-bond acceptors (Lipinski definition) is 2. The SMILES string of the molecule is CN1C(=O)CC(NCCC2CCCC2)c2ccccc21. The number of anilines is 1. The summed E-state index contributed by atoms with van der Waals surface area (Å²) in [5, 5.41) is 3.61. The molecule has 0 spiro atoms. The van der Waals surface area contributed by atoms with Gasteiger partial charge in [-0.25, -0.2) is 0 Å². The van der Waals surface area contributed by atoms with Crippen molar-refractivity contribution < 1.29 is 4.79 Å². The summed E-state index contributed by atoms with van der Waals surface area (Å²) in [5.74, 6) is 1.11. The van der Waals surface area contributed by atoms with Crippen LogP contribution in [0.3, 0.4) is 0 Å². The fraction of sp³-hybridized carbons (Fsp3) is 0.588. The predicted octanol–water partition coefficient (Wildman–Crippen LogP) is 3.26. The molecule has 3 nitrogen and oxygen atoms in total. The molecule has 1 atom stereocenters. The van der Waals surface area contributed by atoms with Crippen LogP contribution in [0.4, 0.5) is 5.69 Å². The Morgan fingerprint density at radius 2 is 2.00 bits per heavy atom. The number of carbonyl (C=O) groups excluding carboxylic acids is 1. The minimum Gasteiger partial charge on any atom is -0.315 e. The quantitative estimate of drug-likeness (QED) is 0.912. The first-order chi connectivity index (χ1) is 9.75. The summed E-state index contributed by atoms with van der Waals surface area (Å²) in [4.78, 5) is 13.9. The molecule has 3 heteroatoms.